The van der Waals surface area contributed by atoms with Crippen LogP contribution in [0.5, 0.6) is 0 Å². The van der Waals surface area contributed by atoms with Gasteiger partial charge in [0.25, 0.3) is 0 Å². The Hall–Kier alpha value is -3.04. The average Bonchev–Trinajstić information content (AvgIpc) is 3.47. The van der Waals surface area contributed by atoms with Crippen molar-refractivity contribution >= 4 is 50.7 Å². The van der Waals surface area contributed by atoms with E-state index in [0.717, 1.165) is 28.9 Å². The molecule has 3 heterocycles. The van der Waals surface area contributed by atoms with Crippen molar-refractivity contribution in [1.29, 1.82) is 0 Å². The van der Waals surface area contributed by atoms with Gasteiger partial charge in [-0.15, -0.1) is 22.7 Å². The van der Waals surface area contributed by atoms with Gasteiger partial charge in [-0.05, 0) is 30.0 Å². The fourth-order valence-corrected chi connectivity index (χ4v) is 4.50. The summed E-state index contributed by atoms with van der Waals surface area (Å²) in [4.78, 5) is 33.9. The first-order chi connectivity index (χ1) is 14.7. The van der Waals surface area contributed by atoms with Crippen LogP contribution in [-0.2, 0) is 29.0 Å². The first-order valence-electron chi connectivity index (χ1n) is 9.60. The van der Waals surface area contributed by atoms with Crippen LogP contribution in [0.3, 0.4) is 0 Å². The molecule has 0 radical (unpaired) electrons. The average molecular weight is 440 g/mol. The Bertz CT molecular complexity index is 1130. The number of aromatic nitrogens is 3. The van der Waals surface area contributed by atoms with Crippen LogP contribution in [0.1, 0.15) is 17.0 Å². The summed E-state index contributed by atoms with van der Waals surface area (Å²) < 4.78 is 2.09. The van der Waals surface area contributed by atoms with Crippen molar-refractivity contribution in [1.82, 2.24) is 19.9 Å². The molecule has 0 saturated carbocycles. The first-order valence-corrected chi connectivity index (χ1v) is 11.4. The van der Waals surface area contributed by atoms with Crippen LogP contribution in [0.25, 0.3) is 11.0 Å². The lowest BCUT2D eigenvalue weighted by molar-refractivity contribution is -0.120. The largest absolute Gasteiger partial charge is 0.356 e. The molecular formula is C21H21N5O2S2. The predicted molar refractivity (Wildman–Crippen MR) is 120 cm³/mol. The van der Waals surface area contributed by atoms with Crippen molar-refractivity contribution in [3.63, 3.8) is 0 Å². The van der Waals surface area contributed by atoms with Gasteiger partial charge in [-0.2, -0.15) is 0 Å². The minimum Gasteiger partial charge on any atom is -0.356 e. The molecule has 4 rings (SSSR count). The van der Waals surface area contributed by atoms with Crippen molar-refractivity contribution in [2.75, 3.05) is 11.9 Å². The van der Waals surface area contributed by atoms with E-state index >= 15 is 0 Å². The van der Waals surface area contributed by atoms with E-state index in [9.17, 15) is 9.59 Å². The van der Waals surface area contributed by atoms with Crippen LogP contribution < -0.4 is 10.6 Å². The minimum absolute atomic E-state index is 0.0766. The SMILES string of the molecule is O=C(Cc1csc(NC(=O)Cc2cccs2)n1)NCCCn1cnc2ccccc21. The zero-order valence-corrected chi connectivity index (χ0v) is 17.8. The highest BCUT2D eigenvalue weighted by Crippen LogP contribution is 2.17. The third-order valence-corrected chi connectivity index (χ3v) is 6.16. The van der Waals surface area contributed by atoms with Gasteiger partial charge in [0.1, 0.15) is 0 Å². The molecule has 0 bridgehead atoms. The molecule has 9 heteroatoms. The Morgan fingerprint density at radius 2 is 1.93 bits per heavy atom. The summed E-state index contributed by atoms with van der Waals surface area (Å²) in [5.41, 5.74) is 2.73. The third-order valence-electron chi connectivity index (χ3n) is 4.48. The molecule has 0 aliphatic heterocycles. The Kier molecular flexibility index (Phi) is 6.50. The number of benzene rings is 1. The Balaban J connectivity index is 1.18. The fourth-order valence-electron chi connectivity index (χ4n) is 3.07. The van der Waals surface area contributed by atoms with Gasteiger partial charge in [0.15, 0.2) is 5.13 Å². The molecule has 3 aromatic heterocycles. The second-order valence-electron chi connectivity index (χ2n) is 6.76. The molecule has 30 heavy (non-hydrogen) atoms. The van der Waals surface area contributed by atoms with E-state index in [4.69, 9.17) is 0 Å². The number of amides is 2. The lowest BCUT2D eigenvalue weighted by Gasteiger charge is -2.06. The van der Waals surface area contributed by atoms with Gasteiger partial charge >= 0.3 is 0 Å². The number of hydrogen-bond acceptors (Lipinski definition) is 6. The Labute approximate surface area is 181 Å². The van der Waals surface area contributed by atoms with Crippen molar-refractivity contribution in [2.24, 2.45) is 0 Å². The third kappa shape index (κ3) is 5.31. The molecule has 1 aromatic carbocycles. The van der Waals surface area contributed by atoms with Crippen LogP contribution in [0.15, 0.2) is 53.5 Å². The summed E-state index contributed by atoms with van der Waals surface area (Å²) in [5, 5.41) is 9.99. The molecule has 0 unspecified atom stereocenters. The molecule has 0 atom stereocenters. The highest BCUT2D eigenvalue weighted by Gasteiger charge is 2.11. The molecule has 7 nitrogen and oxygen atoms in total. The van der Waals surface area contributed by atoms with Crippen LogP contribution in [0, 0.1) is 0 Å². The van der Waals surface area contributed by atoms with E-state index in [0.29, 0.717) is 23.8 Å². The molecule has 0 spiro atoms. The van der Waals surface area contributed by atoms with E-state index in [2.05, 4.69) is 25.2 Å². The summed E-state index contributed by atoms with van der Waals surface area (Å²) in [6.45, 7) is 1.37. The van der Waals surface area contributed by atoms with Gasteiger partial charge in [-0.1, -0.05) is 18.2 Å². The first kappa shape index (κ1) is 20.2. The molecule has 0 aliphatic carbocycles. The van der Waals surface area contributed by atoms with Crippen LogP contribution in [0.4, 0.5) is 5.13 Å². The van der Waals surface area contributed by atoms with E-state index in [1.54, 1.807) is 16.7 Å². The van der Waals surface area contributed by atoms with Crippen LogP contribution in [0.2, 0.25) is 0 Å². The van der Waals surface area contributed by atoms with E-state index in [1.165, 1.54) is 11.3 Å². The number of aryl methyl sites for hydroxylation is 1. The van der Waals surface area contributed by atoms with Gasteiger partial charge in [0.2, 0.25) is 11.8 Å². The number of thiazole rings is 1. The van der Waals surface area contributed by atoms with Crippen LogP contribution in [-0.4, -0.2) is 32.9 Å². The molecule has 4 aromatic rings. The quantitative estimate of drug-likeness (QED) is 0.391. The number of thiophene rings is 1. The van der Waals surface area contributed by atoms with E-state index in [1.807, 2.05) is 48.1 Å². The number of nitrogens with zero attached hydrogens (tertiary/aromatic N) is 3. The van der Waals surface area contributed by atoms with Crippen LogP contribution >= 0.6 is 22.7 Å². The van der Waals surface area contributed by atoms with E-state index < -0.39 is 0 Å². The number of imidazole rings is 1. The summed E-state index contributed by atoms with van der Waals surface area (Å²) >= 11 is 2.88. The summed E-state index contributed by atoms with van der Waals surface area (Å²) in [7, 11) is 0. The van der Waals surface area contributed by atoms with Crippen molar-refractivity contribution in [2.45, 2.75) is 25.8 Å². The zero-order valence-electron chi connectivity index (χ0n) is 16.2. The number of nitrogens with one attached hydrogen (secondary N) is 2. The number of carbonyl (C=O) groups excluding carboxylic acids is 2. The second-order valence-corrected chi connectivity index (χ2v) is 8.65. The number of para-hydroxylation sites is 2. The molecule has 0 saturated heterocycles. The molecule has 154 valence electrons. The standard InChI is InChI=1S/C21H21N5O2S2/c27-19(22-8-4-9-26-14-23-17-6-1-2-7-18(17)26)11-15-13-30-21(24-15)25-20(28)12-16-5-3-10-29-16/h1-3,5-7,10,13-14H,4,8-9,11-12H2,(H,22,27)(H,24,25,28). The smallest absolute Gasteiger partial charge is 0.231 e. The Morgan fingerprint density at radius 3 is 2.80 bits per heavy atom. The van der Waals surface area contributed by atoms with Crippen molar-refractivity contribution < 1.29 is 9.59 Å². The van der Waals surface area contributed by atoms with Gasteiger partial charge in [-0.25, -0.2) is 9.97 Å². The molecule has 0 fully saturated rings. The monoisotopic (exact) mass is 439 g/mol. The van der Waals surface area contributed by atoms with Gasteiger partial charge in [-0.3, -0.25) is 9.59 Å². The van der Waals surface area contributed by atoms with Crippen molar-refractivity contribution in [3.8, 4) is 0 Å². The molecule has 0 aliphatic rings. The topological polar surface area (TPSA) is 88.9 Å². The molecule has 2 amide bonds. The van der Waals surface area contributed by atoms with Gasteiger partial charge in [0, 0.05) is 23.3 Å². The fraction of sp³-hybridized carbons (Fsp3) is 0.238. The lowest BCUT2D eigenvalue weighted by atomic mass is 10.3. The summed E-state index contributed by atoms with van der Waals surface area (Å²) in [6.07, 6.45) is 3.17. The minimum atomic E-state index is -0.102. The number of fused-ring (bicyclic) bond motifs is 1. The maximum Gasteiger partial charge on any atom is 0.231 e. The Morgan fingerprint density at radius 1 is 1.03 bits per heavy atom. The summed E-state index contributed by atoms with van der Waals surface area (Å²) in [6, 6.07) is 11.8. The number of hydrogen-bond donors (Lipinski definition) is 2. The highest BCUT2D eigenvalue weighted by molar-refractivity contribution is 7.14. The summed E-state index contributed by atoms with van der Waals surface area (Å²) in [5.74, 6) is -0.179. The number of carbonyl (C=O) groups is 2. The number of anilines is 1. The molecular weight excluding hydrogens is 418 g/mol. The van der Waals surface area contributed by atoms with Gasteiger partial charge in [0.05, 0.1) is 35.9 Å². The van der Waals surface area contributed by atoms with Gasteiger partial charge < -0.3 is 15.2 Å². The maximum atomic E-state index is 12.2. The van der Waals surface area contributed by atoms with Crippen molar-refractivity contribution in [3.05, 3.63) is 64.1 Å². The number of rotatable bonds is 9. The highest BCUT2D eigenvalue weighted by atomic mass is 32.1. The zero-order chi connectivity index (χ0) is 20.8. The lowest BCUT2D eigenvalue weighted by Crippen LogP contribution is -2.26. The normalized spacial score (nSPS) is 10.9. The maximum absolute atomic E-state index is 12.2. The van der Waals surface area contributed by atoms with E-state index in [-0.39, 0.29) is 18.2 Å². The molecule has 2 N–H and O–H groups in total. The predicted octanol–water partition coefficient (Wildman–Crippen LogP) is 3.48. The second kappa shape index (κ2) is 9.64.